The SMILES string of the molecule is C[C@@H]1CN(COc2ccc([N+](=O)[O-])c(F)c2)[C@@H](C)C(=C=O)N1Cc1ccc(F)cc1. The second-order valence-electron chi connectivity index (χ2n) is 7.18. The summed E-state index contributed by atoms with van der Waals surface area (Å²) in [4.78, 5) is 25.4. The lowest BCUT2D eigenvalue weighted by Gasteiger charge is -2.45. The summed E-state index contributed by atoms with van der Waals surface area (Å²) < 4.78 is 32.5. The zero-order chi connectivity index (χ0) is 21.8. The molecule has 0 N–H and O–H groups in total. The van der Waals surface area contributed by atoms with Crippen molar-refractivity contribution in [3.05, 3.63) is 75.5 Å². The molecule has 0 amide bonds. The first-order valence-electron chi connectivity index (χ1n) is 9.37. The Morgan fingerprint density at radius 2 is 1.90 bits per heavy atom. The highest BCUT2D eigenvalue weighted by Gasteiger charge is 2.34. The third-order valence-electron chi connectivity index (χ3n) is 5.17. The van der Waals surface area contributed by atoms with Crippen LogP contribution in [0.25, 0.3) is 0 Å². The Labute approximate surface area is 172 Å². The summed E-state index contributed by atoms with van der Waals surface area (Å²) in [7, 11) is 0. The van der Waals surface area contributed by atoms with Gasteiger partial charge in [0, 0.05) is 31.3 Å². The van der Waals surface area contributed by atoms with Crippen molar-refractivity contribution in [2.75, 3.05) is 13.3 Å². The molecule has 0 bridgehead atoms. The van der Waals surface area contributed by atoms with Crippen LogP contribution in [0.5, 0.6) is 5.75 Å². The van der Waals surface area contributed by atoms with E-state index in [0.29, 0.717) is 18.8 Å². The van der Waals surface area contributed by atoms with E-state index in [1.54, 1.807) is 12.1 Å². The Morgan fingerprint density at radius 1 is 1.20 bits per heavy atom. The number of hydrogen-bond donors (Lipinski definition) is 0. The molecular weight excluding hydrogens is 396 g/mol. The van der Waals surface area contributed by atoms with Crippen LogP contribution in [0, 0.1) is 21.7 Å². The van der Waals surface area contributed by atoms with Crippen molar-refractivity contribution in [2.45, 2.75) is 32.5 Å². The molecule has 1 aliphatic rings. The first-order chi connectivity index (χ1) is 14.3. The minimum absolute atomic E-state index is 0.0556. The number of nitro benzene ring substituents is 1. The van der Waals surface area contributed by atoms with Crippen molar-refractivity contribution in [1.82, 2.24) is 9.80 Å². The minimum Gasteiger partial charge on any atom is -0.478 e. The molecule has 1 heterocycles. The van der Waals surface area contributed by atoms with Gasteiger partial charge in [-0.2, -0.15) is 4.39 Å². The Bertz CT molecular complexity index is 977. The molecule has 0 aromatic heterocycles. The fraction of sp³-hybridized carbons (Fsp3) is 0.333. The average molecular weight is 417 g/mol. The molecule has 0 spiro atoms. The van der Waals surface area contributed by atoms with Crippen LogP contribution in [0.4, 0.5) is 14.5 Å². The maximum absolute atomic E-state index is 13.8. The molecule has 2 atom stereocenters. The molecule has 1 saturated heterocycles. The van der Waals surface area contributed by atoms with E-state index in [9.17, 15) is 23.7 Å². The topological polar surface area (TPSA) is 75.9 Å². The van der Waals surface area contributed by atoms with Gasteiger partial charge >= 0.3 is 5.69 Å². The van der Waals surface area contributed by atoms with Crippen LogP contribution in [-0.4, -0.2) is 46.0 Å². The van der Waals surface area contributed by atoms with Crippen molar-refractivity contribution in [1.29, 1.82) is 0 Å². The normalized spacial score (nSPS) is 19.5. The van der Waals surface area contributed by atoms with Crippen molar-refractivity contribution in [3.63, 3.8) is 0 Å². The Hall–Kier alpha value is -3.29. The molecule has 158 valence electrons. The highest BCUT2D eigenvalue weighted by Crippen LogP contribution is 2.27. The van der Waals surface area contributed by atoms with Crippen LogP contribution < -0.4 is 4.74 Å². The monoisotopic (exact) mass is 417 g/mol. The van der Waals surface area contributed by atoms with E-state index in [1.807, 2.05) is 29.6 Å². The van der Waals surface area contributed by atoms with Crippen LogP contribution in [0.3, 0.4) is 0 Å². The third kappa shape index (κ3) is 4.64. The van der Waals surface area contributed by atoms with Crippen molar-refractivity contribution < 1.29 is 23.2 Å². The van der Waals surface area contributed by atoms with Gasteiger partial charge in [-0.05, 0) is 37.6 Å². The first kappa shape index (κ1) is 21.4. The van der Waals surface area contributed by atoms with Crippen molar-refractivity contribution in [3.8, 4) is 5.75 Å². The molecule has 7 nitrogen and oxygen atoms in total. The van der Waals surface area contributed by atoms with Crippen LogP contribution in [-0.2, 0) is 11.3 Å². The summed E-state index contributed by atoms with van der Waals surface area (Å²) in [6.07, 6.45) is 0. The number of nitrogens with zero attached hydrogens (tertiary/aromatic N) is 3. The molecule has 3 rings (SSSR count). The Kier molecular flexibility index (Phi) is 6.44. The molecule has 30 heavy (non-hydrogen) atoms. The van der Waals surface area contributed by atoms with Crippen LogP contribution in [0.2, 0.25) is 0 Å². The van der Waals surface area contributed by atoms with E-state index in [4.69, 9.17) is 4.74 Å². The lowest BCUT2D eigenvalue weighted by atomic mass is 10.0. The lowest BCUT2D eigenvalue weighted by molar-refractivity contribution is -0.387. The van der Waals surface area contributed by atoms with Crippen LogP contribution in [0.15, 0.2) is 48.2 Å². The summed E-state index contributed by atoms with van der Waals surface area (Å²) >= 11 is 0. The van der Waals surface area contributed by atoms with Gasteiger partial charge in [-0.3, -0.25) is 15.0 Å². The summed E-state index contributed by atoms with van der Waals surface area (Å²) in [5.74, 6) is 0.867. The van der Waals surface area contributed by atoms with Crippen LogP contribution in [0.1, 0.15) is 19.4 Å². The fourth-order valence-corrected chi connectivity index (χ4v) is 3.47. The average Bonchev–Trinajstić information content (AvgIpc) is 2.71. The molecular formula is C21H21F2N3O4. The molecule has 0 saturated carbocycles. The van der Waals surface area contributed by atoms with Gasteiger partial charge in [-0.1, -0.05) is 12.1 Å². The van der Waals surface area contributed by atoms with Gasteiger partial charge in [0.15, 0.2) is 0 Å². The largest absolute Gasteiger partial charge is 0.478 e. The third-order valence-corrected chi connectivity index (χ3v) is 5.17. The standard InChI is InChI=1S/C21H21F2N3O4/c1-14-10-24(13-30-18-7-8-20(26(28)29)19(23)9-18)15(2)21(12-27)25(14)11-16-3-5-17(22)6-4-16/h3-9,14-15H,10-11,13H2,1-2H3/t14-,15+/m1/s1. The second kappa shape index (κ2) is 9.02. The highest BCUT2D eigenvalue weighted by atomic mass is 19.1. The maximum atomic E-state index is 13.8. The molecule has 1 aliphatic heterocycles. The summed E-state index contributed by atoms with van der Waals surface area (Å²) in [5, 5.41) is 10.7. The number of hydrogen-bond acceptors (Lipinski definition) is 6. The summed E-state index contributed by atoms with van der Waals surface area (Å²) in [6.45, 7) is 4.86. The van der Waals surface area contributed by atoms with Gasteiger partial charge in [0.25, 0.3) is 0 Å². The molecule has 1 fully saturated rings. The maximum Gasteiger partial charge on any atom is 0.305 e. The molecule has 0 radical (unpaired) electrons. The zero-order valence-corrected chi connectivity index (χ0v) is 16.5. The van der Waals surface area contributed by atoms with Gasteiger partial charge in [0.1, 0.15) is 29.9 Å². The molecule has 2 aromatic rings. The van der Waals surface area contributed by atoms with Gasteiger partial charge in [0.05, 0.1) is 11.0 Å². The quantitative estimate of drug-likeness (QED) is 0.407. The number of nitro groups is 1. The van der Waals surface area contributed by atoms with E-state index in [1.165, 1.54) is 18.2 Å². The molecule has 2 aromatic carbocycles. The van der Waals surface area contributed by atoms with Gasteiger partial charge in [-0.15, -0.1) is 0 Å². The fourth-order valence-electron chi connectivity index (χ4n) is 3.47. The van der Waals surface area contributed by atoms with E-state index >= 15 is 0 Å². The number of halogens is 2. The number of ether oxygens (including phenoxy) is 1. The van der Waals surface area contributed by atoms with Crippen LogP contribution >= 0.6 is 0 Å². The molecule has 0 aliphatic carbocycles. The van der Waals surface area contributed by atoms with E-state index in [0.717, 1.165) is 17.7 Å². The van der Waals surface area contributed by atoms with Gasteiger partial charge in [-0.25, -0.2) is 9.18 Å². The molecule has 0 unspecified atom stereocenters. The van der Waals surface area contributed by atoms with E-state index < -0.39 is 16.4 Å². The number of carbonyl (C=O) groups excluding carboxylic acids is 1. The Balaban J connectivity index is 1.68. The lowest BCUT2D eigenvalue weighted by Crippen LogP contribution is -2.55. The van der Waals surface area contributed by atoms with Gasteiger partial charge < -0.3 is 9.64 Å². The summed E-state index contributed by atoms with van der Waals surface area (Å²) in [5.41, 5.74) is 0.690. The van der Waals surface area contributed by atoms with E-state index in [2.05, 4.69) is 0 Å². The number of benzene rings is 2. The van der Waals surface area contributed by atoms with Crippen molar-refractivity contribution >= 4 is 11.6 Å². The predicted octanol–water partition coefficient (Wildman–Crippen LogP) is 3.52. The zero-order valence-electron chi connectivity index (χ0n) is 16.5. The number of piperazine rings is 1. The highest BCUT2D eigenvalue weighted by molar-refractivity contribution is 5.54. The Morgan fingerprint density at radius 3 is 2.50 bits per heavy atom. The predicted molar refractivity (Wildman–Crippen MR) is 105 cm³/mol. The van der Waals surface area contributed by atoms with E-state index in [-0.39, 0.29) is 30.4 Å². The minimum atomic E-state index is -0.975. The molecule has 9 heteroatoms. The second-order valence-corrected chi connectivity index (χ2v) is 7.18. The smallest absolute Gasteiger partial charge is 0.305 e. The number of rotatable bonds is 6. The van der Waals surface area contributed by atoms with Gasteiger partial charge in [0.2, 0.25) is 5.82 Å². The summed E-state index contributed by atoms with van der Waals surface area (Å²) in [6, 6.07) is 9.07. The first-order valence-corrected chi connectivity index (χ1v) is 9.37. The van der Waals surface area contributed by atoms with Crippen molar-refractivity contribution in [2.24, 2.45) is 0 Å².